The molecule has 2 aromatic carbocycles. The first-order chi connectivity index (χ1) is 19.0. The molecule has 4 rings (SSSR count). The van der Waals surface area contributed by atoms with E-state index in [-0.39, 0.29) is 30.1 Å². The van der Waals surface area contributed by atoms with E-state index in [4.69, 9.17) is 16.1 Å². The Morgan fingerprint density at radius 1 is 1.12 bits per heavy atom. The van der Waals surface area contributed by atoms with Gasteiger partial charge in [-0.15, -0.1) is 0 Å². The predicted molar refractivity (Wildman–Crippen MR) is 142 cm³/mol. The number of likely N-dealkylation sites (tertiary alicyclic amines) is 1. The second-order valence-electron chi connectivity index (χ2n) is 9.06. The number of allylic oxidation sites excluding steroid dienone is 1. The van der Waals surface area contributed by atoms with Gasteiger partial charge in [-0.05, 0) is 36.5 Å². The number of alkyl halides is 3. The number of nitrogens with one attached hydrogen (secondary N) is 3. The first-order valence-corrected chi connectivity index (χ1v) is 12.2. The maximum Gasteiger partial charge on any atom is 0.417 e. The molecule has 208 valence electrons. The number of hydrogen-bond acceptors (Lipinski definition) is 6. The molecule has 1 aromatic heterocycles. The van der Waals surface area contributed by atoms with Crippen molar-refractivity contribution in [2.75, 3.05) is 32.0 Å². The monoisotopic (exact) mass is 554 g/mol. The molecule has 1 fully saturated rings. The molecule has 0 atom stereocenters. The zero-order valence-electron chi connectivity index (χ0n) is 21.3. The Labute approximate surface area is 227 Å². The molecule has 0 saturated carbocycles. The van der Waals surface area contributed by atoms with Gasteiger partial charge < -0.3 is 26.7 Å². The van der Waals surface area contributed by atoms with E-state index in [0.717, 1.165) is 12.1 Å². The van der Waals surface area contributed by atoms with Gasteiger partial charge in [0.2, 0.25) is 5.91 Å². The van der Waals surface area contributed by atoms with Crippen LogP contribution in [0.5, 0.6) is 0 Å². The number of amides is 2. The lowest BCUT2D eigenvalue weighted by molar-refractivity contribution is -0.138. The normalized spacial score (nSPS) is 13.7. The first kappa shape index (κ1) is 28.4. The largest absolute Gasteiger partial charge is 0.417 e. The summed E-state index contributed by atoms with van der Waals surface area (Å²) in [5.74, 6) is -2.61. The molecule has 0 unspecified atom stereocenters. The van der Waals surface area contributed by atoms with Gasteiger partial charge in [0.1, 0.15) is 5.82 Å². The molecule has 2 amide bonds. The predicted octanol–water partition coefficient (Wildman–Crippen LogP) is 4.14. The maximum atomic E-state index is 14.9. The number of hydrogen-bond donors (Lipinski definition) is 4. The van der Waals surface area contributed by atoms with Crippen LogP contribution in [0, 0.1) is 11.2 Å². The molecule has 1 aliphatic heterocycles. The van der Waals surface area contributed by atoms with E-state index in [1.165, 1.54) is 13.2 Å². The highest BCUT2D eigenvalue weighted by atomic mass is 19.4. The minimum Gasteiger partial charge on any atom is -0.394 e. The van der Waals surface area contributed by atoms with Gasteiger partial charge in [-0.3, -0.25) is 14.6 Å². The molecular weight excluding hydrogens is 528 g/mol. The summed E-state index contributed by atoms with van der Waals surface area (Å²) in [6.45, 7) is 0.792. The summed E-state index contributed by atoms with van der Waals surface area (Å²) in [6, 6.07) is 13.1. The Balaban J connectivity index is 1.69. The Morgan fingerprint density at radius 3 is 2.45 bits per heavy atom. The molecule has 1 aliphatic rings. The van der Waals surface area contributed by atoms with Crippen LogP contribution in [-0.4, -0.2) is 54.1 Å². The van der Waals surface area contributed by atoms with Crippen molar-refractivity contribution in [3.05, 3.63) is 95.1 Å². The van der Waals surface area contributed by atoms with Crippen LogP contribution in [0.15, 0.2) is 66.9 Å². The molecule has 3 aromatic rings. The molecule has 0 bridgehead atoms. The van der Waals surface area contributed by atoms with E-state index in [1.54, 1.807) is 47.4 Å². The van der Waals surface area contributed by atoms with E-state index < -0.39 is 40.3 Å². The molecule has 0 aliphatic carbocycles. The number of carbonyl (C=O) groups excluding carboxylic acids is 2. The molecule has 2 heterocycles. The number of carbonyl (C=O) groups is 2. The van der Waals surface area contributed by atoms with Crippen LogP contribution in [-0.2, 0) is 11.0 Å². The van der Waals surface area contributed by atoms with Crippen molar-refractivity contribution in [3.8, 4) is 11.3 Å². The van der Waals surface area contributed by atoms with E-state index in [9.17, 15) is 27.2 Å². The van der Waals surface area contributed by atoms with Gasteiger partial charge in [-0.25, -0.2) is 4.39 Å². The second kappa shape index (κ2) is 11.7. The van der Waals surface area contributed by atoms with Crippen LogP contribution >= 0.6 is 0 Å². The molecule has 8 nitrogen and oxygen atoms in total. The minimum atomic E-state index is -4.95. The van der Waals surface area contributed by atoms with Gasteiger partial charge >= 0.3 is 6.18 Å². The fraction of sp³-hybridized carbons (Fsp3) is 0.214. The highest BCUT2D eigenvalue weighted by Crippen LogP contribution is 2.35. The van der Waals surface area contributed by atoms with Crippen molar-refractivity contribution in [2.45, 2.75) is 12.1 Å². The Morgan fingerprint density at radius 2 is 1.82 bits per heavy atom. The number of aromatic nitrogens is 1. The summed E-state index contributed by atoms with van der Waals surface area (Å²) in [5.41, 5.74) is 4.07. The minimum absolute atomic E-state index is 0.0469. The summed E-state index contributed by atoms with van der Waals surface area (Å²) in [4.78, 5) is 31.3. The Hall–Kier alpha value is -4.58. The third kappa shape index (κ3) is 6.01. The molecule has 0 radical (unpaired) electrons. The number of benzene rings is 2. The molecule has 40 heavy (non-hydrogen) atoms. The summed E-state index contributed by atoms with van der Waals surface area (Å²) in [5, 5.41) is 13.2. The zero-order chi connectivity index (χ0) is 29.0. The van der Waals surface area contributed by atoms with Crippen molar-refractivity contribution in [1.29, 1.82) is 5.41 Å². The van der Waals surface area contributed by atoms with Crippen molar-refractivity contribution >= 4 is 23.2 Å². The lowest BCUT2D eigenvalue weighted by Gasteiger charge is -2.39. The average molecular weight is 555 g/mol. The van der Waals surface area contributed by atoms with Crippen LogP contribution in [0.3, 0.4) is 0 Å². The lowest BCUT2D eigenvalue weighted by atomic mass is 9.94. The van der Waals surface area contributed by atoms with Crippen LogP contribution < -0.4 is 16.4 Å². The summed E-state index contributed by atoms with van der Waals surface area (Å²) in [7, 11) is 1.50. The van der Waals surface area contributed by atoms with E-state index in [1.807, 2.05) is 0 Å². The van der Waals surface area contributed by atoms with Crippen molar-refractivity contribution in [2.24, 2.45) is 5.73 Å². The van der Waals surface area contributed by atoms with Crippen LogP contribution in [0.4, 0.5) is 23.2 Å². The van der Waals surface area contributed by atoms with Gasteiger partial charge in [0.25, 0.3) is 5.91 Å². The highest BCUT2D eigenvalue weighted by molar-refractivity contribution is 6.11. The zero-order valence-corrected chi connectivity index (χ0v) is 21.3. The Bertz CT molecular complexity index is 1470. The molecule has 12 heteroatoms. The van der Waals surface area contributed by atoms with Crippen LogP contribution in [0.2, 0.25) is 0 Å². The quantitative estimate of drug-likeness (QED) is 0.246. The van der Waals surface area contributed by atoms with Crippen LogP contribution in [0.25, 0.3) is 11.3 Å². The first-order valence-electron chi connectivity index (χ1n) is 12.2. The third-order valence-electron chi connectivity index (χ3n) is 6.40. The second-order valence-corrected chi connectivity index (χ2v) is 9.06. The standard InChI is InChI=1S/C28H26F4N6O2/c1-35-10-9-22(34)18-11-19(21(29)12-20(18)28(30,31)32)27(40)37-24-8-7-23(17-14-38(15-17)25(39)13-33)36-26(24)16-5-3-2-4-6-16/h2-12,17,34-35H,13-15,33H2,1H3,(H,37,40)/b10-9-,34-22?. The molecule has 1 saturated heterocycles. The van der Waals surface area contributed by atoms with Gasteiger partial charge in [-0.1, -0.05) is 30.3 Å². The fourth-order valence-electron chi connectivity index (χ4n) is 4.27. The topological polar surface area (TPSA) is 124 Å². The molecule has 5 N–H and O–H groups in total. The van der Waals surface area contributed by atoms with E-state index in [2.05, 4.69) is 10.6 Å². The highest BCUT2D eigenvalue weighted by Gasteiger charge is 2.36. The molecule has 0 spiro atoms. The van der Waals surface area contributed by atoms with Crippen LogP contribution in [0.1, 0.15) is 33.1 Å². The number of halogens is 4. The number of nitrogens with zero attached hydrogens (tertiary/aromatic N) is 2. The SMILES string of the molecule is CN/C=C\C(=N)c1cc(C(=O)Nc2ccc(C3CN(C(=O)CN)C3)nc2-c2ccccc2)c(F)cc1C(F)(F)F. The smallest absolute Gasteiger partial charge is 0.394 e. The summed E-state index contributed by atoms with van der Waals surface area (Å²) in [6.07, 6.45) is -2.63. The summed E-state index contributed by atoms with van der Waals surface area (Å²) >= 11 is 0. The number of pyridine rings is 1. The molecular formula is C28H26F4N6O2. The summed E-state index contributed by atoms with van der Waals surface area (Å²) < 4.78 is 55.7. The van der Waals surface area contributed by atoms with Crippen molar-refractivity contribution in [1.82, 2.24) is 15.2 Å². The Kier molecular flexibility index (Phi) is 8.29. The maximum absolute atomic E-state index is 14.9. The number of anilines is 1. The van der Waals surface area contributed by atoms with Gasteiger partial charge in [0.15, 0.2) is 0 Å². The van der Waals surface area contributed by atoms with Crippen molar-refractivity contribution in [3.63, 3.8) is 0 Å². The van der Waals surface area contributed by atoms with Crippen molar-refractivity contribution < 1.29 is 27.2 Å². The number of rotatable bonds is 8. The third-order valence-corrected chi connectivity index (χ3v) is 6.40. The number of nitrogens with two attached hydrogens (primary N) is 1. The van der Waals surface area contributed by atoms with Gasteiger partial charge in [0.05, 0.1) is 34.8 Å². The lowest BCUT2D eigenvalue weighted by Crippen LogP contribution is -2.50. The van der Waals surface area contributed by atoms with E-state index >= 15 is 0 Å². The van der Waals surface area contributed by atoms with Gasteiger partial charge in [0, 0.05) is 42.9 Å². The fourth-order valence-corrected chi connectivity index (χ4v) is 4.27. The average Bonchev–Trinajstić information content (AvgIpc) is 2.91. The van der Waals surface area contributed by atoms with Gasteiger partial charge in [-0.2, -0.15) is 13.2 Å². The van der Waals surface area contributed by atoms with E-state index in [0.29, 0.717) is 30.0 Å².